The maximum Gasteiger partial charge on any atom is 0.319 e. The van der Waals surface area contributed by atoms with Crippen LogP contribution in [0, 0.1) is 5.92 Å². The minimum Gasteiger partial charge on any atom is -0.455 e. The lowest BCUT2D eigenvalue weighted by Crippen LogP contribution is -2.40. The fourth-order valence-corrected chi connectivity index (χ4v) is 3.41. The van der Waals surface area contributed by atoms with Gasteiger partial charge in [0.25, 0.3) is 0 Å². The number of ether oxygens (including phenoxy) is 1. The van der Waals surface area contributed by atoms with E-state index in [0.717, 1.165) is 31.7 Å². The average Bonchev–Trinajstić information content (AvgIpc) is 2.70. The number of likely N-dealkylation sites (tertiary alicyclic amines) is 1. The van der Waals surface area contributed by atoms with Gasteiger partial charge in [0.2, 0.25) is 0 Å². The van der Waals surface area contributed by atoms with Crippen molar-refractivity contribution >= 4 is 11.7 Å². The van der Waals surface area contributed by atoms with Gasteiger partial charge in [-0.3, -0.25) is 0 Å². The van der Waals surface area contributed by atoms with Gasteiger partial charge in [0, 0.05) is 6.54 Å². The molecule has 2 aromatic rings. The molecule has 1 heterocycles. The SMILES string of the molecule is CCCN1CCC(CNC(=O)Nc2ccccc2Oc2ccccc2)CC1. The molecule has 5 heteroatoms. The van der Waals surface area contributed by atoms with Crippen LogP contribution in [-0.2, 0) is 0 Å². The number of hydrogen-bond acceptors (Lipinski definition) is 3. The second kappa shape index (κ2) is 9.97. The standard InChI is InChI=1S/C22H29N3O2/c1-2-14-25-15-12-18(13-16-25)17-23-22(26)24-20-10-6-7-11-21(20)27-19-8-4-3-5-9-19/h3-11,18H,2,12-17H2,1H3,(H2,23,24,26). The van der Waals surface area contributed by atoms with E-state index < -0.39 is 0 Å². The van der Waals surface area contributed by atoms with Crippen molar-refractivity contribution in [2.24, 2.45) is 5.92 Å². The summed E-state index contributed by atoms with van der Waals surface area (Å²) < 4.78 is 5.89. The number of benzene rings is 2. The molecule has 0 spiro atoms. The van der Waals surface area contributed by atoms with E-state index in [1.54, 1.807) is 0 Å². The molecule has 3 rings (SSSR count). The number of anilines is 1. The van der Waals surface area contributed by atoms with Crippen LogP contribution in [0.15, 0.2) is 54.6 Å². The molecular weight excluding hydrogens is 338 g/mol. The first-order valence-corrected chi connectivity index (χ1v) is 9.83. The highest BCUT2D eigenvalue weighted by atomic mass is 16.5. The molecule has 1 aliphatic rings. The second-order valence-electron chi connectivity index (χ2n) is 7.03. The van der Waals surface area contributed by atoms with Gasteiger partial charge >= 0.3 is 6.03 Å². The molecule has 2 N–H and O–H groups in total. The van der Waals surface area contributed by atoms with Gasteiger partial charge in [-0.2, -0.15) is 0 Å². The van der Waals surface area contributed by atoms with Crippen LogP contribution >= 0.6 is 0 Å². The molecule has 0 atom stereocenters. The Morgan fingerprint density at radius 1 is 1.07 bits per heavy atom. The molecule has 1 saturated heterocycles. The highest BCUT2D eigenvalue weighted by molar-refractivity contribution is 5.90. The highest BCUT2D eigenvalue weighted by Gasteiger charge is 2.19. The van der Waals surface area contributed by atoms with Crippen LogP contribution < -0.4 is 15.4 Å². The minimum absolute atomic E-state index is 0.185. The molecule has 144 valence electrons. The Kier molecular flexibility index (Phi) is 7.11. The summed E-state index contributed by atoms with van der Waals surface area (Å²) in [6.45, 7) is 6.38. The van der Waals surface area contributed by atoms with Gasteiger partial charge < -0.3 is 20.3 Å². The van der Waals surface area contributed by atoms with Crippen molar-refractivity contribution in [1.29, 1.82) is 0 Å². The number of rotatable bonds is 7. The van der Waals surface area contributed by atoms with E-state index in [0.29, 0.717) is 23.9 Å². The Morgan fingerprint density at radius 3 is 2.52 bits per heavy atom. The van der Waals surface area contributed by atoms with Crippen LogP contribution in [0.3, 0.4) is 0 Å². The number of carbonyl (C=O) groups excluding carboxylic acids is 1. The molecule has 2 amide bonds. The number of urea groups is 1. The van der Waals surface area contributed by atoms with Gasteiger partial charge in [0.1, 0.15) is 5.75 Å². The van der Waals surface area contributed by atoms with E-state index in [1.807, 2.05) is 54.6 Å². The monoisotopic (exact) mass is 367 g/mol. The van der Waals surface area contributed by atoms with Gasteiger partial charge in [0.05, 0.1) is 5.69 Å². The number of hydrogen-bond donors (Lipinski definition) is 2. The summed E-state index contributed by atoms with van der Waals surface area (Å²) in [4.78, 5) is 14.8. The molecule has 0 saturated carbocycles. The van der Waals surface area contributed by atoms with Crippen molar-refractivity contribution in [3.63, 3.8) is 0 Å². The lowest BCUT2D eigenvalue weighted by atomic mass is 9.97. The summed E-state index contributed by atoms with van der Waals surface area (Å²) in [5.74, 6) is 1.93. The number of amides is 2. The van der Waals surface area contributed by atoms with Crippen molar-refractivity contribution < 1.29 is 9.53 Å². The van der Waals surface area contributed by atoms with Crippen LogP contribution in [0.2, 0.25) is 0 Å². The van der Waals surface area contributed by atoms with Crippen LogP contribution in [0.4, 0.5) is 10.5 Å². The summed E-state index contributed by atoms with van der Waals surface area (Å²) in [6, 6.07) is 16.9. The first-order valence-electron chi connectivity index (χ1n) is 9.83. The fourth-order valence-electron chi connectivity index (χ4n) is 3.41. The summed E-state index contributed by atoms with van der Waals surface area (Å²) in [5, 5.41) is 5.93. The van der Waals surface area contributed by atoms with E-state index in [9.17, 15) is 4.79 Å². The van der Waals surface area contributed by atoms with E-state index in [2.05, 4.69) is 22.5 Å². The fraction of sp³-hybridized carbons (Fsp3) is 0.409. The van der Waals surface area contributed by atoms with Crippen LogP contribution in [0.1, 0.15) is 26.2 Å². The van der Waals surface area contributed by atoms with Crippen LogP contribution in [-0.4, -0.2) is 37.1 Å². The molecule has 0 bridgehead atoms. The average molecular weight is 367 g/mol. The van der Waals surface area contributed by atoms with Gasteiger partial charge in [-0.15, -0.1) is 0 Å². The van der Waals surface area contributed by atoms with Gasteiger partial charge in [-0.1, -0.05) is 37.3 Å². The highest BCUT2D eigenvalue weighted by Crippen LogP contribution is 2.29. The molecular formula is C22H29N3O2. The van der Waals surface area contributed by atoms with E-state index in [-0.39, 0.29) is 6.03 Å². The normalized spacial score (nSPS) is 15.3. The number of para-hydroxylation sites is 3. The largest absolute Gasteiger partial charge is 0.455 e. The summed E-state index contributed by atoms with van der Waals surface area (Å²) >= 11 is 0. The first kappa shape index (κ1) is 19.2. The summed E-state index contributed by atoms with van der Waals surface area (Å²) in [7, 11) is 0. The van der Waals surface area contributed by atoms with Crippen molar-refractivity contribution in [3.8, 4) is 11.5 Å². The number of piperidine rings is 1. The Hall–Kier alpha value is -2.53. The van der Waals surface area contributed by atoms with Crippen LogP contribution in [0.5, 0.6) is 11.5 Å². The first-order chi connectivity index (χ1) is 13.2. The lowest BCUT2D eigenvalue weighted by Gasteiger charge is -2.31. The topological polar surface area (TPSA) is 53.6 Å². The van der Waals surface area contributed by atoms with Gasteiger partial charge in [-0.25, -0.2) is 4.79 Å². The minimum atomic E-state index is -0.185. The predicted molar refractivity (Wildman–Crippen MR) is 109 cm³/mol. The molecule has 1 aliphatic heterocycles. The third-order valence-corrected chi connectivity index (χ3v) is 4.90. The number of nitrogens with one attached hydrogen (secondary N) is 2. The molecule has 0 aromatic heterocycles. The van der Waals surface area contributed by atoms with Crippen LogP contribution in [0.25, 0.3) is 0 Å². The molecule has 27 heavy (non-hydrogen) atoms. The summed E-state index contributed by atoms with van der Waals surface area (Å²) in [6.07, 6.45) is 3.50. The summed E-state index contributed by atoms with van der Waals surface area (Å²) in [5.41, 5.74) is 0.664. The van der Waals surface area contributed by atoms with E-state index in [4.69, 9.17) is 4.74 Å². The molecule has 2 aromatic carbocycles. The Labute approximate surface area is 161 Å². The molecule has 0 radical (unpaired) electrons. The van der Waals surface area contributed by atoms with Crippen molar-refractivity contribution in [1.82, 2.24) is 10.2 Å². The number of nitrogens with zero attached hydrogens (tertiary/aromatic N) is 1. The van der Waals surface area contributed by atoms with Gasteiger partial charge in [-0.05, 0) is 69.1 Å². The molecule has 1 fully saturated rings. The second-order valence-corrected chi connectivity index (χ2v) is 7.03. The Morgan fingerprint density at radius 2 is 1.78 bits per heavy atom. The quantitative estimate of drug-likeness (QED) is 0.744. The smallest absolute Gasteiger partial charge is 0.319 e. The van der Waals surface area contributed by atoms with Crippen molar-refractivity contribution in [2.45, 2.75) is 26.2 Å². The lowest BCUT2D eigenvalue weighted by molar-refractivity contribution is 0.182. The third kappa shape index (κ3) is 6.00. The maximum atomic E-state index is 12.3. The van der Waals surface area contributed by atoms with E-state index in [1.165, 1.54) is 13.0 Å². The van der Waals surface area contributed by atoms with Crippen molar-refractivity contribution in [2.75, 3.05) is 31.5 Å². The van der Waals surface area contributed by atoms with Gasteiger partial charge in [0.15, 0.2) is 5.75 Å². The molecule has 0 unspecified atom stereocenters. The zero-order chi connectivity index (χ0) is 18.9. The Balaban J connectivity index is 1.48. The van der Waals surface area contributed by atoms with Crippen molar-refractivity contribution in [3.05, 3.63) is 54.6 Å². The maximum absolute atomic E-state index is 12.3. The zero-order valence-corrected chi connectivity index (χ0v) is 16.0. The predicted octanol–water partition coefficient (Wildman–Crippen LogP) is 4.72. The molecule has 5 nitrogen and oxygen atoms in total. The Bertz CT molecular complexity index is 713. The van der Waals surface area contributed by atoms with E-state index >= 15 is 0 Å². The molecule has 0 aliphatic carbocycles. The third-order valence-electron chi connectivity index (χ3n) is 4.90. The zero-order valence-electron chi connectivity index (χ0n) is 16.0. The number of carbonyl (C=O) groups is 1.